The Morgan fingerprint density at radius 2 is 2.04 bits per heavy atom. The number of hydrogen-bond acceptors (Lipinski definition) is 4. The van der Waals surface area contributed by atoms with Gasteiger partial charge in [-0.3, -0.25) is 14.3 Å². The van der Waals surface area contributed by atoms with Gasteiger partial charge in [0.25, 0.3) is 5.91 Å². The molecule has 0 bridgehead atoms. The van der Waals surface area contributed by atoms with Gasteiger partial charge >= 0.3 is 0 Å². The fraction of sp³-hybridized carbons (Fsp3) is 0.211. The average Bonchev–Trinajstić information content (AvgIpc) is 3.33. The Kier molecular flexibility index (Phi) is 4.96. The van der Waals surface area contributed by atoms with Crippen molar-refractivity contribution in [2.45, 2.75) is 13.1 Å². The van der Waals surface area contributed by atoms with E-state index in [1.165, 1.54) is 0 Å². The van der Waals surface area contributed by atoms with Crippen LogP contribution in [-0.2, 0) is 17.9 Å². The number of fused-ring (bicyclic) bond motifs is 1. The molecule has 3 heterocycles. The zero-order valence-corrected chi connectivity index (χ0v) is 16.0. The molecule has 2 aromatic heterocycles. The first kappa shape index (κ1) is 17.8. The minimum atomic E-state index is -0.180. The van der Waals surface area contributed by atoms with Crippen molar-refractivity contribution in [3.05, 3.63) is 63.4 Å². The molecule has 2 amide bonds. The molecule has 1 aromatic carbocycles. The van der Waals surface area contributed by atoms with Gasteiger partial charge in [0.05, 0.1) is 25.3 Å². The van der Waals surface area contributed by atoms with Gasteiger partial charge in [0.15, 0.2) is 0 Å². The number of hydrogen-bond donors (Lipinski definition) is 1. The third kappa shape index (κ3) is 3.89. The molecule has 0 fully saturated rings. The van der Waals surface area contributed by atoms with Gasteiger partial charge < -0.3 is 10.2 Å². The summed E-state index contributed by atoms with van der Waals surface area (Å²) in [6.07, 6.45) is 0. The van der Waals surface area contributed by atoms with Crippen LogP contribution < -0.4 is 5.32 Å². The van der Waals surface area contributed by atoms with Crippen LogP contribution in [0, 0.1) is 0 Å². The number of thiophene rings is 1. The molecule has 8 heteroatoms. The Balaban J connectivity index is 1.43. The van der Waals surface area contributed by atoms with Crippen LogP contribution in [0.25, 0.3) is 11.3 Å². The lowest BCUT2D eigenvalue weighted by Crippen LogP contribution is -2.45. The number of aromatic nitrogens is 2. The second-order valence-corrected chi connectivity index (χ2v) is 7.70. The summed E-state index contributed by atoms with van der Waals surface area (Å²) in [5.74, 6) is -0.345. The molecule has 0 saturated carbocycles. The quantitative estimate of drug-likeness (QED) is 0.715. The molecular weight excluding hydrogens is 384 g/mol. The van der Waals surface area contributed by atoms with Crippen molar-refractivity contribution in [2.75, 3.05) is 13.1 Å². The Morgan fingerprint density at radius 3 is 2.78 bits per heavy atom. The molecule has 0 saturated heterocycles. The zero-order chi connectivity index (χ0) is 18.8. The number of amides is 2. The minimum Gasteiger partial charge on any atom is -0.350 e. The average molecular weight is 401 g/mol. The van der Waals surface area contributed by atoms with E-state index in [2.05, 4.69) is 10.4 Å². The minimum absolute atomic E-state index is 0.0473. The second kappa shape index (κ2) is 7.54. The predicted octanol–water partition coefficient (Wildman–Crippen LogP) is 3.04. The molecule has 27 heavy (non-hydrogen) atoms. The molecule has 0 atom stereocenters. The molecule has 3 aromatic rings. The Bertz CT molecular complexity index is 966. The third-order valence-electron chi connectivity index (χ3n) is 4.38. The lowest BCUT2D eigenvalue weighted by atomic mass is 10.1. The maximum Gasteiger partial charge on any atom is 0.272 e. The van der Waals surface area contributed by atoms with E-state index in [9.17, 15) is 9.59 Å². The number of halogens is 1. The summed E-state index contributed by atoms with van der Waals surface area (Å²) >= 11 is 7.51. The highest BCUT2D eigenvalue weighted by Gasteiger charge is 2.28. The number of carbonyl (C=O) groups excluding carboxylic acids is 2. The first-order chi connectivity index (χ1) is 13.1. The Morgan fingerprint density at radius 1 is 1.22 bits per heavy atom. The van der Waals surface area contributed by atoms with Crippen molar-refractivity contribution in [3.63, 3.8) is 0 Å². The van der Waals surface area contributed by atoms with E-state index in [0.29, 0.717) is 30.4 Å². The van der Waals surface area contributed by atoms with E-state index in [0.717, 1.165) is 16.1 Å². The molecular formula is C19H17ClN4O2S. The van der Waals surface area contributed by atoms with E-state index >= 15 is 0 Å². The molecule has 1 aliphatic heterocycles. The van der Waals surface area contributed by atoms with Gasteiger partial charge in [-0.05, 0) is 29.6 Å². The summed E-state index contributed by atoms with van der Waals surface area (Å²) < 4.78 is 1.70. The van der Waals surface area contributed by atoms with Crippen molar-refractivity contribution >= 4 is 34.8 Å². The Labute approximate surface area is 165 Å². The van der Waals surface area contributed by atoms with Crippen molar-refractivity contribution in [3.8, 4) is 11.3 Å². The van der Waals surface area contributed by atoms with Gasteiger partial charge in [-0.1, -0.05) is 29.8 Å². The van der Waals surface area contributed by atoms with Crippen LogP contribution in [0.2, 0.25) is 5.02 Å². The summed E-state index contributed by atoms with van der Waals surface area (Å²) in [5, 5.41) is 9.99. The van der Waals surface area contributed by atoms with Gasteiger partial charge in [0.2, 0.25) is 5.91 Å². The molecule has 4 rings (SSSR count). The van der Waals surface area contributed by atoms with Crippen molar-refractivity contribution in [1.82, 2.24) is 20.0 Å². The highest BCUT2D eigenvalue weighted by molar-refractivity contribution is 7.09. The van der Waals surface area contributed by atoms with Crippen molar-refractivity contribution < 1.29 is 9.59 Å². The highest BCUT2D eigenvalue weighted by atomic mass is 35.5. The smallest absolute Gasteiger partial charge is 0.272 e. The standard InChI is InChI=1S/C19H17ClN4O2S/c20-14-5-3-13(4-6-14)16-10-17-19(26)23(7-8-24(17)22-16)12-18(25)21-11-15-2-1-9-27-15/h1-6,9-10H,7-8,11-12H2,(H,21,25). The Hall–Kier alpha value is -2.64. The maximum absolute atomic E-state index is 12.7. The topological polar surface area (TPSA) is 67.2 Å². The first-order valence-electron chi connectivity index (χ1n) is 8.52. The largest absolute Gasteiger partial charge is 0.350 e. The van der Waals surface area contributed by atoms with E-state index in [1.54, 1.807) is 39.1 Å². The van der Waals surface area contributed by atoms with Crippen LogP contribution in [0.4, 0.5) is 0 Å². The van der Waals surface area contributed by atoms with Gasteiger partial charge in [-0.15, -0.1) is 11.3 Å². The summed E-state index contributed by atoms with van der Waals surface area (Å²) in [7, 11) is 0. The van der Waals surface area contributed by atoms with Crippen molar-refractivity contribution in [1.29, 1.82) is 0 Å². The van der Waals surface area contributed by atoms with Crippen LogP contribution in [-0.4, -0.2) is 39.6 Å². The number of rotatable bonds is 5. The lowest BCUT2D eigenvalue weighted by molar-refractivity contribution is -0.122. The second-order valence-electron chi connectivity index (χ2n) is 6.23. The summed E-state index contributed by atoms with van der Waals surface area (Å²) in [5.41, 5.74) is 2.12. The highest BCUT2D eigenvalue weighted by Crippen LogP contribution is 2.23. The van der Waals surface area contributed by atoms with E-state index < -0.39 is 0 Å². The van der Waals surface area contributed by atoms with E-state index in [-0.39, 0.29) is 18.4 Å². The SMILES string of the molecule is O=C(CN1CCn2nc(-c3ccc(Cl)cc3)cc2C1=O)NCc1cccs1. The number of benzene rings is 1. The first-order valence-corrected chi connectivity index (χ1v) is 9.78. The van der Waals surface area contributed by atoms with E-state index in [1.807, 2.05) is 29.6 Å². The third-order valence-corrected chi connectivity index (χ3v) is 5.51. The van der Waals surface area contributed by atoms with Gasteiger partial charge in [0.1, 0.15) is 5.69 Å². The summed E-state index contributed by atoms with van der Waals surface area (Å²) in [6.45, 7) is 1.55. The van der Waals surface area contributed by atoms with Crippen LogP contribution in [0.3, 0.4) is 0 Å². The maximum atomic E-state index is 12.7. The van der Waals surface area contributed by atoms with Gasteiger partial charge in [-0.25, -0.2) is 0 Å². The molecule has 1 N–H and O–H groups in total. The van der Waals surface area contributed by atoms with Crippen LogP contribution in [0.15, 0.2) is 47.8 Å². The molecule has 0 spiro atoms. The molecule has 1 aliphatic rings. The molecule has 0 unspecified atom stereocenters. The summed E-state index contributed by atoms with van der Waals surface area (Å²) in [6, 6.07) is 13.0. The number of carbonyl (C=O) groups is 2. The monoisotopic (exact) mass is 400 g/mol. The normalized spacial score (nSPS) is 13.5. The zero-order valence-electron chi connectivity index (χ0n) is 14.4. The molecule has 6 nitrogen and oxygen atoms in total. The molecule has 0 radical (unpaired) electrons. The number of nitrogens with zero attached hydrogens (tertiary/aromatic N) is 3. The lowest BCUT2D eigenvalue weighted by Gasteiger charge is -2.26. The van der Waals surface area contributed by atoms with Crippen LogP contribution in [0.5, 0.6) is 0 Å². The van der Waals surface area contributed by atoms with Crippen LogP contribution in [0.1, 0.15) is 15.4 Å². The summed E-state index contributed by atoms with van der Waals surface area (Å²) in [4.78, 5) is 27.6. The number of nitrogens with one attached hydrogen (secondary N) is 1. The predicted molar refractivity (Wildman–Crippen MR) is 105 cm³/mol. The van der Waals surface area contributed by atoms with Crippen LogP contribution >= 0.6 is 22.9 Å². The fourth-order valence-corrected chi connectivity index (χ4v) is 3.75. The molecule has 0 aliphatic carbocycles. The van der Waals surface area contributed by atoms with Gasteiger partial charge in [0, 0.05) is 22.0 Å². The van der Waals surface area contributed by atoms with Crippen molar-refractivity contribution in [2.24, 2.45) is 0 Å². The van der Waals surface area contributed by atoms with Gasteiger partial charge in [-0.2, -0.15) is 5.10 Å². The fourth-order valence-electron chi connectivity index (χ4n) is 2.98. The molecule has 138 valence electrons. The van der Waals surface area contributed by atoms with E-state index in [4.69, 9.17) is 11.6 Å².